The molecule has 1 atom stereocenters. The summed E-state index contributed by atoms with van der Waals surface area (Å²) in [5.41, 5.74) is 3.81. The van der Waals surface area contributed by atoms with E-state index >= 15 is 0 Å². The van der Waals surface area contributed by atoms with E-state index in [1.807, 2.05) is 7.05 Å². The van der Waals surface area contributed by atoms with Gasteiger partial charge in [0.05, 0.1) is 12.1 Å². The maximum absolute atomic E-state index is 9.67. The lowest BCUT2D eigenvalue weighted by molar-refractivity contribution is 0.0792. The van der Waals surface area contributed by atoms with Crippen molar-refractivity contribution in [3.8, 4) is 0 Å². The van der Waals surface area contributed by atoms with Gasteiger partial charge in [0.1, 0.15) is 0 Å². The van der Waals surface area contributed by atoms with Crippen LogP contribution in [-0.2, 0) is 13.1 Å². The quantitative estimate of drug-likeness (QED) is 0.230. The van der Waals surface area contributed by atoms with E-state index in [0.29, 0.717) is 0 Å². The molecule has 1 aliphatic heterocycles. The van der Waals surface area contributed by atoms with Crippen LogP contribution in [0.4, 0.5) is 0 Å². The molecule has 0 radical (unpaired) electrons. The number of piperidine rings is 1. The first-order valence-corrected chi connectivity index (χ1v) is 11.6. The van der Waals surface area contributed by atoms with Gasteiger partial charge in [0, 0.05) is 33.2 Å². The fourth-order valence-electron chi connectivity index (χ4n) is 4.39. The zero-order valence-electron chi connectivity index (χ0n) is 19.5. The number of aliphatic hydroxyl groups excluding tert-OH is 1. The molecular weight excluding hydrogens is 523 g/mol. The van der Waals surface area contributed by atoms with Crippen molar-refractivity contribution in [3.63, 3.8) is 0 Å². The van der Waals surface area contributed by atoms with Crippen LogP contribution in [0.3, 0.4) is 0 Å². The van der Waals surface area contributed by atoms with Crippen molar-refractivity contribution in [2.75, 3.05) is 20.1 Å². The van der Waals surface area contributed by atoms with Crippen molar-refractivity contribution in [1.29, 1.82) is 0 Å². The summed E-state index contributed by atoms with van der Waals surface area (Å²) in [7, 11) is 1.81. The van der Waals surface area contributed by atoms with Crippen molar-refractivity contribution in [1.82, 2.24) is 15.5 Å². The monoisotopic (exact) mass is 558 g/mol. The molecule has 0 aliphatic carbocycles. The Morgan fingerprint density at radius 2 is 1.67 bits per heavy atom. The number of hydrogen-bond acceptors (Lipinski definition) is 3. The highest BCUT2D eigenvalue weighted by Crippen LogP contribution is 2.24. The van der Waals surface area contributed by atoms with Gasteiger partial charge in [0.25, 0.3) is 0 Å². The van der Waals surface area contributed by atoms with Crippen LogP contribution in [0.2, 0.25) is 0 Å². The van der Waals surface area contributed by atoms with Crippen molar-refractivity contribution >= 4 is 40.7 Å². The van der Waals surface area contributed by atoms with Gasteiger partial charge in [-0.2, -0.15) is 0 Å². The molecule has 1 unspecified atom stereocenters. The number of guanidine groups is 1. The molecule has 1 heterocycles. The molecule has 1 aliphatic rings. The maximum atomic E-state index is 9.67. The second-order valence-corrected chi connectivity index (χ2v) is 8.68. The molecule has 1 fully saturated rings. The van der Waals surface area contributed by atoms with E-state index in [2.05, 4.69) is 94.2 Å². The Morgan fingerprint density at radius 1 is 1.00 bits per heavy atom. The van der Waals surface area contributed by atoms with Crippen LogP contribution in [-0.4, -0.2) is 42.2 Å². The second-order valence-electron chi connectivity index (χ2n) is 8.68. The molecule has 1 saturated heterocycles. The topological polar surface area (TPSA) is 59.9 Å². The number of benzene rings is 3. The molecule has 0 amide bonds. The SMILES string of the molecule is CN=C(NCc1ccc(CN2CCC(O)CC2)cc1)NC(C)c1cccc2ccccc12.I. The van der Waals surface area contributed by atoms with Gasteiger partial charge in [0.15, 0.2) is 5.96 Å². The molecule has 4 rings (SSSR count). The minimum Gasteiger partial charge on any atom is -0.393 e. The highest BCUT2D eigenvalue weighted by atomic mass is 127. The third-order valence-corrected chi connectivity index (χ3v) is 6.31. The lowest BCUT2D eigenvalue weighted by Crippen LogP contribution is -2.38. The van der Waals surface area contributed by atoms with Gasteiger partial charge in [0.2, 0.25) is 0 Å². The first kappa shape index (κ1) is 25.5. The number of aliphatic imine (C=N–C) groups is 1. The summed E-state index contributed by atoms with van der Waals surface area (Å²) in [4.78, 5) is 6.83. The summed E-state index contributed by atoms with van der Waals surface area (Å²) in [6, 6.07) is 23.8. The number of rotatable bonds is 6. The van der Waals surface area contributed by atoms with Crippen LogP contribution < -0.4 is 10.6 Å². The Hall–Kier alpha value is -2.16. The average Bonchev–Trinajstić information content (AvgIpc) is 2.83. The molecule has 0 bridgehead atoms. The molecule has 3 aromatic rings. The molecule has 0 aromatic heterocycles. The van der Waals surface area contributed by atoms with Crippen LogP contribution >= 0.6 is 24.0 Å². The van der Waals surface area contributed by atoms with Crippen molar-refractivity contribution in [2.24, 2.45) is 4.99 Å². The first-order chi connectivity index (χ1) is 15.6. The van der Waals surface area contributed by atoms with Gasteiger partial charge >= 0.3 is 0 Å². The Balaban J connectivity index is 0.00000306. The molecule has 0 saturated carbocycles. The van der Waals surface area contributed by atoms with E-state index in [1.54, 1.807) is 0 Å². The predicted octanol–water partition coefficient (Wildman–Crippen LogP) is 4.84. The summed E-state index contributed by atoms with van der Waals surface area (Å²) in [5.74, 6) is 0.793. The third kappa shape index (κ3) is 6.91. The minimum atomic E-state index is -0.119. The zero-order valence-corrected chi connectivity index (χ0v) is 21.8. The number of nitrogens with one attached hydrogen (secondary N) is 2. The Kier molecular flexibility index (Phi) is 9.52. The van der Waals surface area contributed by atoms with Crippen LogP contribution in [0.25, 0.3) is 10.8 Å². The Labute approximate surface area is 214 Å². The number of halogens is 1. The normalized spacial score (nSPS) is 16.3. The van der Waals surface area contributed by atoms with Gasteiger partial charge in [-0.25, -0.2) is 0 Å². The van der Waals surface area contributed by atoms with E-state index < -0.39 is 0 Å². The summed E-state index contributed by atoms with van der Waals surface area (Å²) < 4.78 is 0. The van der Waals surface area contributed by atoms with Crippen LogP contribution in [0.1, 0.15) is 42.5 Å². The lowest BCUT2D eigenvalue weighted by Gasteiger charge is -2.29. The summed E-state index contributed by atoms with van der Waals surface area (Å²) in [5, 5.41) is 19.2. The smallest absolute Gasteiger partial charge is 0.191 e. The van der Waals surface area contributed by atoms with E-state index in [1.165, 1.54) is 27.5 Å². The van der Waals surface area contributed by atoms with Crippen molar-refractivity contribution in [3.05, 3.63) is 83.4 Å². The van der Waals surface area contributed by atoms with Gasteiger partial charge in [-0.05, 0) is 47.2 Å². The summed E-state index contributed by atoms with van der Waals surface area (Å²) in [6.07, 6.45) is 1.64. The van der Waals surface area contributed by atoms with E-state index in [4.69, 9.17) is 0 Å². The number of fused-ring (bicyclic) bond motifs is 1. The van der Waals surface area contributed by atoms with Crippen molar-refractivity contribution < 1.29 is 5.11 Å². The highest BCUT2D eigenvalue weighted by Gasteiger charge is 2.16. The van der Waals surface area contributed by atoms with Crippen molar-refractivity contribution in [2.45, 2.75) is 45.0 Å². The number of hydrogen-bond donors (Lipinski definition) is 3. The van der Waals surface area contributed by atoms with E-state index in [-0.39, 0.29) is 36.1 Å². The number of likely N-dealkylation sites (tertiary alicyclic amines) is 1. The minimum absolute atomic E-state index is 0. The van der Waals surface area contributed by atoms with Crippen LogP contribution in [0, 0.1) is 0 Å². The standard InChI is InChI=1S/C27H34N4O.HI/c1-20(25-9-5-7-23-6-3-4-8-26(23)25)30-27(28-2)29-18-21-10-12-22(13-11-21)19-31-16-14-24(32)15-17-31;/h3-13,20,24,32H,14-19H2,1-2H3,(H2,28,29,30);1H. The first-order valence-electron chi connectivity index (χ1n) is 11.6. The van der Waals surface area contributed by atoms with Gasteiger partial charge < -0.3 is 15.7 Å². The van der Waals surface area contributed by atoms with Gasteiger partial charge in [-0.3, -0.25) is 9.89 Å². The second kappa shape index (κ2) is 12.3. The lowest BCUT2D eigenvalue weighted by atomic mass is 10.00. The molecular formula is C27H35IN4O. The molecule has 3 N–H and O–H groups in total. The van der Waals surface area contributed by atoms with E-state index in [0.717, 1.165) is 45.0 Å². The molecule has 5 nitrogen and oxygen atoms in total. The maximum Gasteiger partial charge on any atom is 0.191 e. The van der Waals surface area contributed by atoms with Gasteiger partial charge in [-0.15, -0.1) is 24.0 Å². The van der Waals surface area contributed by atoms with Crippen LogP contribution in [0.5, 0.6) is 0 Å². The summed E-state index contributed by atoms with van der Waals surface area (Å²) >= 11 is 0. The fraction of sp³-hybridized carbons (Fsp3) is 0.370. The Morgan fingerprint density at radius 3 is 2.39 bits per heavy atom. The van der Waals surface area contributed by atoms with E-state index in [9.17, 15) is 5.11 Å². The zero-order chi connectivity index (χ0) is 22.3. The average molecular weight is 559 g/mol. The third-order valence-electron chi connectivity index (χ3n) is 6.31. The highest BCUT2D eigenvalue weighted by molar-refractivity contribution is 14.0. The van der Waals surface area contributed by atoms with Crippen LogP contribution in [0.15, 0.2) is 71.7 Å². The number of aliphatic hydroxyl groups is 1. The largest absolute Gasteiger partial charge is 0.393 e. The number of nitrogens with zero attached hydrogens (tertiary/aromatic N) is 2. The predicted molar refractivity (Wildman–Crippen MR) is 148 cm³/mol. The molecule has 6 heteroatoms. The molecule has 0 spiro atoms. The Bertz CT molecular complexity index is 1040. The van der Waals surface area contributed by atoms with Gasteiger partial charge in [-0.1, -0.05) is 66.7 Å². The summed E-state index contributed by atoms with van der Waals surface area (Å²) in [6.45, 7) is 5.79. The molecule has 33 heavy (non-hydrogen) atoms. The molecule has 3 aromatic carbocycles. The fourth-order valence-corrected chi connectivity index (χ4v) is 4.39. The molecule has 176 valence electrons.